The van der Waals surface area contributed by atoms with Gasteiger partial charge in [0.15, 0.2) is 5.82 Å². The fourth-order valence-electron chi connectivity index (χ4n) is 3.40. The summed E-state index contributed by atoms with van der Waals surface area (Å²) in [6, 6.07) is 24.0. The molecule has 0 saturated heterocycles. The highest BCUT2D eigenvalue weighted by Crippen LogP contribution is 2.25. The smallest absolute Gasteiger partial charge is 0.237 e. The van der Waals surface area contributed by atoms with Crippen LogP contribution in [0.25, 0.3) is 11.4 Å². The van der Waals surface area contributed by atoms with E-state index in [2.05, 4.69) is 20.5 Å². The van der Waals surface area contributed by atoms with E-state index in [1.807, 2.05) is 68.4 Å². The Labute approximate surface area is 196 Å². The first-order chi connectivity index (χ1) is 16.0. The number of para-hydroxylation sites is 1. The van der Waals surface area contributed by atoms with Crippen molar-refractivity contribution in [3.05, 3.63) is 84.7 Å². The highest BCUT2D eigenvalue weighted by molar-refractivity contribution is 7.99. The number of rotatable bonds is 8. The van der Waals surface area contributed by atoms with Crippen LogP contribution < -0.4 is 10.2 Å². The molecule has 1 heterocycles. The van der Waals surface area contributed by atoms with Gasteiger partial charge in [-0.25, -0.2) is 9.37 Å². The number of amides is 1. The zero-order chi connectivity index (χ0) is 23.2. The van der Waals surface area contributed by atoms with Gasteiger partial charge in [0.2, 0.25) is 11.1 Å². The molecular weight excluding hydrogens is 437 g/mol. The average molecular weight is 462 g/mol. The first kappa shape index (κ1) is 22.5. The number of thioether (sulfide) groups is 1. The lowest BCUT2D eigenvalue weighted by Gasteiger charge is -2.27. The molecule has 0 aliphatic rings. The maximum absolute atomic E-state index is 14.0. The fraction of sp³-hybridized carbons (Fsp3) is 0.160. The first-order valence-electron chi connectivity index (χ1n) is 10.6. The van der Waals surface area contributed by atoms with Crippen LogP contribution in [0.2, 0.25) is 0 Å². The molecule has 1 aromatic heterocycles. The van der Waals surface area contributed by atoms with Gasteiger partial charge in [-0.05, 0) is 62.4 Å². The van der Waals surface area contributed by atoms with Crippen LogP contribution in [0.3, 0.4) is 0 Å². The van der Waals surface area contributed by atoms with Crippen LogP contribution in [0.1, 0.15) is 13.8 Å². The number of hydrogen-bond donors (Lipinski definition) is 2. The van der Waals surface area contributed by atoms with Gasteiger partial charge in [0.25, 0.3) is 0 Å². The van der Waals surface area contributed by atoms with Gasteiger partial charge in [-0.2, -0.15) is 0 Å². The number of nitrogens with zero attached hydrogens (tertiary/aromatic N) is 3. The fourth-order valence-corrected chi connectivity index (χ4v) is 4.06. The summed E-state index contributed by atoms with van der Waals surface area (Å²) in [7, 11) is 0. The van der Waals surface area contributed by atoms with Crippen molar-refractivity contribution in [2.75, 3.05) is 16.0 Å². The molecule has 1 amide bonds. The summed E-state index contributed by atoms with van der Waals surface area (Å²) in [5, 5.41) is 10.6. The summed E-state index contributed by atoms with van der Waals surface area (Å²) in [5.41, 5.74) is 3.10. The van der Waals surface area contributed by atoms with Crippen LogP contribution in [0, 0.1) is 5.82 Å². The molecule has 0 atom stereocenters. The van der Waals surface area contributed by atoms with E-state index in [1.165, 1.54) is 17.8 Å². The van der Waals surface area contributed by atoms with E-state index >= 15 is 0 Å². The molecule has 2 N–H and O–H groups in total. The van der Waals surface area contributed by atoms with Crippen molar-refractivity contribution in [2.45, 2.75) is 25.0 Å². The van der Waals surface area contributed by atoms with Crippen molar-refractivity contribution < 1.29 is 9.18 Å². The van der Waals surface area contributed by atoms with E-state index in [1.54, 1.807) is 23.1 Å². The molecule has 0 spiro atoms. The van der Waals surface area contributed by atoms with Crippen molar-refractivity contribution >= 4 is 34.7 Å². The monoisotopic (exact) mass is 461 g/mol. The van der Waals surface area contributed by atoms with Crippen LogP contribution in [-0.2, 0) is 4.79 Å². The Bertz CT molecular complexity index is 1210. The maximum atomic E-state index is 14.0. The lowest BCUT2D eigenvalue weighted by atomic mass is 10.2. The summed E-state index contributed by atoms with van der Waals surface area (Å²) in [4.78, 5) is 19.1. The van der Waals surface area contributed by atoms with E-state index in [0.29, 0.717) is 16.5 Å². The number of aromatic amines is 1. The molecule has 4 aromatic rings. The molecule has 33 heavy (non-hydrogen) atoms. The quantitative estimate of drug-likeness (QED) is 0.320. The van der Waals surface area contributed by atoms with E-state index < -0.39 is 0 Å². The van der Waals surface area contributed by atoms with Gasteiger partial charge in [-0.1, -0.05) is 42.1 Å². The lowest BCUT2D eigenvalue weighted by Crippen LogP contribution is -2.38. The van der Waals surface area contributed by atoms with Crippen LogP contribution in [0.5, 0.6) is 0 Å². The van der Waals surface area contributed by atoms with Crippen molar-refractivity contribution in [2.24, 2.45) is 0 Å². The molecule has 8 heteroatoms. The molecule has 0 aliphatic heterocycles. The molecule has 0 aliphatic carbocycles. The van der Waals surface area contributed by atoms with Crippen LogP contribution in [-0.4, -0.2) is 32.9 Å². The van der Waals surface area contributed by atoms with Gasteiger partial charge in [-0.3, -0.25) is 9.89 Å². The minimum absolute atomic E-state index is 0.0212. The van der Waals surface area contributed by atoms with Crippen LogP contribution in [0.4, 0.5) is 21.5 Å². The lowest BCUT2D eigenvalue weighted by molar-refractivity contribution is -0.116. The van der Waals surface area contributed by atoms with Gasteiger partial charge < -0.3 is 10.2 Å². The average Bonchev–Trinajstić information content (AvgIpc) is 3.29. The summed E-state index contributed by atoms with van der Waals surface area (Å²) >= 11 is 1.22. The Morgan fingerprint density at radius 3 is 2.36 bits per heavy atom. The minimum atomic E-state index is -0.377. The molecular formula is C25H24FN5OS. The van der Waals surface area contributed by atoms with E-state index in [4.69, 9.17) is 0 Å². The van der Waals surface area contributed by atoms with Crippen molar-refractivity contribution in [3.8, 4) is 11.4 Å². The normalized spacial score (nSPS) is 10.9. The highest BCUT2D eigenvalue weighted by atomic mass is 32.2. The summed E-state index contributed by atoms with van der Waals surface area (Å²) in [6.45, 7) is 3.95. The predicted molar refractivity (Wildman–Crippen MR) is 131 cm³/mol. The van der Waals surface area contributed by atoms with E-state index in [9.17, 15) is 9.18 Å². The van der Waals surface area contributed by atoms with Crippen LogP contribution in [0.15, 0.2) is 84.0 Å². The van der Waals surface area contributed by atoms with Gasteiger partial charge in [0.1, 0.15) is 5.82 Å². The third-order valence-corrected chi connectivity index (χ3v) is 5.74. The second kappa shape index (κ2) is 10.3. The molecule has 4 rings (SSSR count). The second-order valence-corrected chi connectivity index (χ2v) is 8.57. The molecule has 0 unspecified atom stereocenters. The van der Waals surface area contributed by atoms with Crippen molar-refractivity contribution in [3.63, 3.8) is 0 Å². The highest BCUT2D eigenvalue weighted by Gasteiger charge is 2.20. The van der Waals surface area contributed by atoms with Gasteiger partial charge >= 0.3 is 0 Å². The number of anilines is 3. The minimum Gasteiger partial charge on any atom is -0.356 e. The summed E-state index contributed by atoms with van der Waals surface area (Å²) < 4.78 is 14.0. The topological polar surface area (TPSA) is 73.9 Å². The van der Waals surface area contributed by atoms with Gasteiger partial charge in [0.05, 0.1) is 11.3 Å². The number of benzene rings is 3. The standard InChI is InChI=1S/C25H24FN5OS/c1-17(2)31(20-14-12-19(13-15-20)27-18-8-4-3-5-9-18)23(32)16-33-25-28-24(29-30-25)21-10-6-7-11-22(21)26/h3-15,17,27H,16H2,1-2H3,(H,28,29,30). The number of halogens is 1. The Kier molecular flexibility index (Phi) is 7.04. The Balaban J connectivity index is 1.41. The second-order valence-electron chi connectivity index (χ2n) is 7.63. The van der Waals surface area contributed by atoms with Gasteiger partial charge in [0, 0.05) is 23.1 Å². The number of H-pyrrole nitrogens is 1. The number of aromatic nitrogens is 3. The maximum Gasteiger partial charge on any atom is 0.237 e. The Morgan fingerprint density at radius 2 is 1.67 bits per heavy atom. The number of nitrogens with one attached hydrogen (secondary N) is 2. The molecule has 3 aromatic carbocycles. The molecule has 6 nitrogen and oxygen atoms in total. The number of carbonyl (C=O) groups excluding carboxylic acids is 1. The zero-order valence-corrected chi connectivity index (χ0v) is 19.1. The van der Waals surface area contributed by atoms with Crippen LogP contribution >= 0.6 is 11.8 Å². The molecule has 0 radical (unpaired) electrons. The Hall–Kier alpha value is -3.65. The third kappa shape index (κ3) is 5.59. The number of carbonyl (C=O) groups is 1. The SMILES string of the molecule is CC(C)N(C(=O)CSc1n[nH]c(-c2ccccc2F)n1)c1ccc(Nc2ccccc2)cc1. The largest absolute Gasteiger partial charge is 0.356 e. The Morgan fingerprint density at radius 1 is 1.00 bits per heavy atom. The molecule has 168 valence electrons. The summed E-state index contributed by atoms with van der Waals surface area (Å²) in [6.07, 6.45) is 0. The van der Waals surface area contributed by atoms with E-state index in [0.717, 1.165) is 17.1 Å². The third-order valence-electron chi connectivity index (χ3n) is 4.91. The molecule has 0 fully saturated rings. The summed E-state index contributed by atoms with van der Waals surface area (Å²) in [5.74, 6) is 0.0651. The number of hydrogen-bond acceptors (Lipinski definition) is 5. The zero-order valence-electron chi connectivity index (χ0n) is 18.3. The molecule has 0 bridgehead atoms. The molecule has 0 saturated carbocycles. The van der Waals surface area contributed by atoms with E-state index in [-0.39, 0.29) is 23.5 Å². The van der Waals surface area contributed by atoms with Crippen molar-refractivity contribution in [1.82, 2.24) is 15.2 Å². The predicted octanol–water partition coefficient (Wildman–Crippen LogP) is 5.89. The van der Waals surface area contributed by atoms with Crippen molar-refractivity contribution in [1.29, 1.82) is 0 Å². The first-order valence-corrected chi connectivity index (χ1v) is 11.5. The van der Waals surface area contributed by atoms with Gasteiger partial charge in [-0.15, -0.1) is 5.10 Å².